The van der Waals surface area contributed by atoms with E-state index >= 15 is 0 Å². The maximum atomic E-state index is 11.9. The van der Waals surface area contributed by atoms with Crippen molar-refractivity contribution in [1.29, 1.82) is 0 Å². The van der Waals surface area contributed by atoms with E-state index < -0.39 is 66.8 Å². The molecule has 0 aromatic carbocycles. The average molecular weight is 518 g/mol. The lowest BCUT2D eigenvalue weighted by atomic mass is 10.4. The Bertz CT molecular complexity index is 992. The minimum Gasteiger partial charge on any atom is -0.414 e. The molecule has 0 unspecified atom stereocenters. The van der Waals surface area contributed by atoms with Crippen molar-refractivity contribution in [3.63, 3.8) is 0 Å². The molecule has 0 fully saturated rings. The lowest BCUT2D eigenvalue weighted by molar-refractivity contribution is -0.184. The highest BCUT2D eigenvalue weighted by atomic mass is 16.7. The summed E-state index contributed by atoms with van der Waals surface area (Å²) in [7, 11) is 1.23. The molecule has 0 spiro atoms. The third-order valence-electron chi connectivity index (χ3n) is 3.48. The second kappa shape index (κ2) is 14.9. The number of hydrogen-bond donors (Lipinski definition) is 0. The maximum absolute atomic E-state index is 11.9. The highest BCUT2D eigenvalue weighted by Gasteiger charge is 2.31. The van der Waals surface area contributed by atoms with Crippen LogP contribution in [0, 0.1) is 0 Å². The van der Waals surface area contributed by atoms with Crippen LogP contribution < -0.4 is 5.06 Å². The first kappa shape index (κ1) is 29.9. The summed E-state index contributed by atoms with van der Waals surface area (Å²) in [6.45, 7) is 15.7. The first-order valence-corrected chi connectivity index (χ1v) is 9.81. The number of nitrogens with zero attached hydrogens (tertiary/aromatic N) is 4. The van der Waals surface area contributed by atoms with Crippen molar-refractivity contribution in [3.8, 4) is 0 Å². The molecule has 15 heteroatoms. The molecule has 0 aliphatic carbocycles. The number of carbonyl (C=O) groups is 5. The molecule has 37 heavy (non-hydrogen) atoms. The predicted molar refractivity (Wildman–Crippen MR) is 121 cm³/mol. The Hall–Kier alpha value is -5.18. The first-order valence-electron chi connectivity index (χ1n) is 9.81. The van der Waals surface area contributed by atoms with Gasteiger partial charge < -0.3 is 28.5 Å². The van der Waals surface area contributed by atoms with Crippen LogP contribution in [0.5, 0.6) is 0 Å². The molecule has 0 N–H and O–H groups in total. The smallest absolute Gasteiger partial charge is 0.355 e. The summed E-state index contributed by atoms with van der Waals surface area (Å²) < 4.78 is 24.8. The van der Waals surface area contributed by atoms with Gasteiger partial charge in [-0.3, -0.25) is 0 Å². The van der Waals surface area contributed by atoms with E-state index in [4.69, 9.17) is 28.5 Å². The Morgan fingerprint density at radius 2 is 1.03 bits per heavy atom. The summed E-state index contributed by atoms with van der Waals surface area (Å²) in [5.41, 5.74) is 0. The van der Waals surface area contributed by atoms with Crippen LogP contribution in [0.15, 0.2) is 63.3 Å². The highest BCUT2D eigenvalue weighted by molar-refractivity contribution is 5.84. The molecule has 0 saturated heterocycles. The van der Waals surface area contributed by atoms with E-state index in [0.717, 1.165) is 30.4 Å². The van der Waals surface area contributed by atoms with Gasteiger partial charge in [0.25, 0.3) is 5.95 Å². The van der Waals surface area contributed by atoms with E-state index in [9.17, 15) is 24.0 Å². The normalized spacial score (nSPS) is 9.92. The third-order valence-corrected chi connectivity index (χ3v) is 3.48. The Morgan fingerprint density at radius 3 is 1.32 bits per heavy atom. The Kier molecular flexibility index (Phi) is 12.1. The molecule has 1 aromatic rings. The van der Waals surface area contributed by atoms with Crippen LogP contribution in [0.3, 0.4) is 0 Å². The van der Waals surface area contributed by atoms with Gasteiger partial charge in [0.1, 0.15) is 0 Å². The first-order chi connectivity index (χ1) is 17.6. The minimum atomic E-state index is -1.96. The van der Waals surface area contributed by atoms with Gasteiger partial charge in [-0.15, -0.1) is 5.06 Å². The van der Waals surface area contributed by atoms with E-state index in [-0.39, 0.29) is 0 Å². The van der Waals surface area contributed by atoms with Gasteiger partial charge in [0.15, 0.2) is 6.73 Å². The largest absolute Gasteiger partial charge is 0.414 e. The molecular weight excluding hydrogens is 496 g/mol. The van der Waals surface area contributed by atoms with Gasteiger partial charge >= 0.3 is 42.4 Å². The molecule has 0 bridgehead atoms. The standard InChI is InChI=1S/C22H22N4O11/c1-7-13(27)33-20(34-14(28)8-2)18-23-19(21(35-15(29)9-3)36-16(30)10-4)25-22(24-18)26(12-32-6)37-17(31)11-5/h7-11,20-21H,1-5,12H2,6H3. The zero-order chi connectivity index (χ0) is 28.0. The second-order valence-electron chi connectivity index (χ2n) is 5.99. The van der Waals surface area contributed by atoms with E-state index in [0.29, 0.717) is 5.06 Å². The van der Waals surface area contributed by atoms with E-state index in [1.54, 1.807) is 0 Å². The van der Waals surface area contributed by atoms with Gasteiger partial charge in [-0.05, 0) is 0 Å². The number of aromatic nitrogens is 3. The maximum Gasteiger partial charge on any atom is 0.355 e. The van der Waals surface area contributed by atoms with Crippen LogP contribution >= 0.6 is 0 Å². The Morgan fingerprint density at radius 1 is 0.676 bits per heavy atom. The summed E-state index contributed by atoms with van der Waals surface area (Å²) in [4.78, 5) is 76.1. The molecule has 1 aromatic heterocycles. The molecule has 0 aliphatic heterocycles. The number of ether oxygens (including phenoxy) is 5. The molecule has 0 radical (unpaired) electrons. The number of hydroxylamine groups is 1. The van der Waals surface area contributed by atoms with Crippen LogP contribution in [-0.2, 0) is 52.5 Å². The van der Waals surface area contributed by atoms with E-state index in [1.165, 1.54) is 7.11 Å². The molecule has 0 amide bonds. The van der Waals surface area contributed by atoms with Gasteiger partial charge in [0, 0.05) is 37.5 Å². The van der Waals surface area contributed by atoms with Crippen LogP contribution in [0.25, 0.3) is 0 Å². The SMILES string of the molecule is C=CC(=O)OC(OC(=O)C=C)c1nc(C(OC(=O)C=C)OC(=O)C=C)nc(N(COC)OC(=O)C=C)n1. The van der Waals surface area contributed by atoms with Crippen molar-refractivity contribution in [1.82, 2.24) is 15.0 Å². The third kappa shape index (κ3) is 9.53. The van der Waals surface area contributed by atoms with Crippen molar-refractivity contribution in [2.24, 2.45) is 0 Å². The van der Waals surface area contributed by atoms with Crippen molar-refractivity contribution < 1.29 is 52.5 Å². The molecule has 196 valence electrons. The summed E-state index contributed by atoms with van der Waals surface area (Å²) in [5, 5.41) is 0.683. The van der Waals surface area contributed by atoms with E-state index in [2.05, 4.69) is 47.8 Å². The number of hydrogen-bond acceptors (Lipinski definition) is 15. The fourth-order valence-electron chi connectivity index (χ4n) is 1.98. The summed E-state index contributed by atoms with van der Waals surface area (Å²) in [5.74, 6) is -7.00. The lowest BCUT2D eigenvalue weighted by Gasteiger charge is -2.23. The zero-order valence-electron chi connectivity index (χ0n) is 19.6. The number of carbonyl (C=O) groups excluding carboxylic acids is 5. The molecule has 1 heterocycles. The van der Waals surface area contributed by atoms with Crippen LogP contribution in [0.1, 0.15) is 24.2 Å². The molecule has 15 nitrogen and oxygen atoms in total. The van der Waals surface area contributed by atoms with Crippen molar-refractivity contribution in [2.45, 2.75) is 12.6 Å². The van der Waals surface area contributed by atoms with Gasteiger partial charge in [0.2, 0.25) is 11.6 Å². The van der Waals surface area contributed by atoms with Gasteiger partial charge in [-0.1, -0.05) is 32.9 Å². The van der Waals surface area contributed by atoms with Gasteiger partial charge in [-0.2, -0.15) is 9.97 Å². The Balaban J connectivity index is 3.83. The second-order valence-corrected chi connectivity index (χ2v) is 5.99. The summed E-state index contributed by atoms with van der Waals surface area (Å²) >= 11 is 0. The van der Waals surface area contributed by atoms with E-state index in [1.807, 2.05) is 0 Å². The van der Waals surface area contributed by atoms with Gasteiger partial charge in [0.05, 0.1) is 0 Å². The molecule has 0 atom stereocenters. The highest BCUT2D eigenvalue weighted by Crippen LogP contribution is 2.24. The Labute approximate surface area is 210 Å². The quantitative estimate of drug-likeness (QED) is 0.138. The van der Waals surface area contributed by atoms with Crippen molar-refractivity contribution in [3.05, 3.63) is 74.9 Å². The number of rotatable bonds is 15. The zero-order valence-corrected chi connectivity index (χ0v) is 19.6. The molecular formula is C22H22N4O11. The molecule has 0 saturated carbocycles. The fraction of sp³-hybridized carbons (Fsp3) is 0.182. The molecule has 0 aliphatic rings. The average Bonchev–Trinajstić information content (AvgIpc) is 2.90. The molecule has 1 rings (SSSR count). The number of methoxy groups -OCH3 is 1. The lowest BCUT2D eigenvalue weighted by Crippen LogP contribution is -2.32. The van der Waals surface area contributed by atoms with Gasteiger partial charge in [-0.25, -0.2) is 29.0 Å². The summed E-state index contributed by atoms with van der Waals surface area (Å²) in [6, 6.07) is 0. The number of esters is 4. The summed E-state index contributed by atoms with van der Waals surface area (Å²) in [6.07, 6.45) is -0.0955. The van der Waals surface area contributed by atoms with Crippen molar-refractivity contribution in [2.75, 3.05) is 18.9 Å². The predicted octanol–water partition coefficient (Wildman–Crippen LogP) is 0.840. The van der Waals surface area contributed by atoms with Crippen LogP contribution in [-0.4, -0.2) is 58.6 Å². The van der Waals surface area contributed by atoms with Crippen LogP contribution in [0.4, 0.5) is 5.95 Å². The fourth-order valence-corrected chi connectivity index (χ4v) is 1.98. The van der Waals surface area contributed by atoms with Crippen molar-refractivity contribution >= 4 is 35.8 Å². The topological polar surface area (TPSA) is 183 Å². The monoisotopic (exact) mass is 518 g/mol. The number of anilines is 1. The van der Waals surface area contributed by atoms with Crippen LogP contribution in [0.2, 0.25) is 0 Å². The minimum absolute atomic E-state index is 0.477.